The van der Waals surface area contributed by atoms with Gasteiger partial charge in [0.2, 0.25) is 0 Å². The largest absolute Gasteiger partial charge is 0.351 e. The molecule has 0 saturated heterocycles. The van der Waals surface area contributed by atoms with Gasteiger partial charge in [0.05, 0.1) is 12.5 Å². The summed E-state index contributed by atoms with van der Waals surface area (Å²) in [6.07, 6.45) is 0.346. The summed E-state index contributed by atoms with van der Waals surface area (Å²) in [5.74, 6) is -0.129. The second-order valence-electron chi connectivity index (χ2n) is 2.53. The van der Waals surface area contributed by atoms with Crippen LogP contribution in [0.4, 0.5) is 0 Å². The van der Waals surface area contributed by atoms with Crippen LogP contribution in [-0.2, 0) is 0 Å². The van der Waals surface area contributed by atoms with Gasteiger partial charge in [-0.1, -0.05) is 18.2 Å². The van der Waals surface area contributed by atoms with Crippen LogP contribution in [0.1, 0.15) is 16.8 Å². The smallest absolute Gasteiger partial charge is 0.251 e. The van der Waals surface area contributed by atoms with Crippen LogP contribution in [0.2, 0.25) is 0 Å². The maximum atomic E-state index is 11.3. The summed E-state index contributed by atoms with van der Waals surface area (Å²) in [6, 6.07) is 10.9. The van der Waals surface area contributed by atoms with Crippen molar-refractivity contribution in [3.63, 3.8) is 0 Å². The maximum absolute atomic E-state index is 11.3. The Kier molecular flexibility index (Phi) is 3.52. The van der Waals surface area contributed by atoms with Crippen molar-refractivity contribution in [2.24, 2.45) is 0 Å². The van der Waals surface area contributed by atoms with Gasteiger partial charge in [0.25, 0.3) is 5.91 Å². The van der Waals surface area contributed by atoms with Crippen LogP contribution in [0.3, 0.4) is 0 Å². The van der Waals surface area contributed by atoms with Crippen LogP contribution >= 0.6 is 0 Å². The van der Waals surface area contributed by atoms with E-state index in [0.29, 0.717) is 18.5 Å². The molecule has 3 heteroatoms. The van der Waals surface area contributed by atoms with Crippen molar-refractivity contribution >= 4 is 5.91 Å². The fraction of sp³-hybridized carbons (Fsp3) is 0.200. The average Bonchev–Trinajstić information content (AvgIpc) is 2.19. The van der Waals surface area contributed by atoms with E-state index in [2.05, 4.69) is 5.32 Å². The lowest BCUT2D eigenvalue weighted by molar-refractivity contribution is 0.0954. The number of carbonyl (C=O) groups is 1. The molecule has 0 atom stereocenters. The predicted octanol–water partition coefficient (Wildman–Crippen LogP) is 1.33. The Morgan fingerprint density at radius 2 is 2.08 bits per heavy atom. The zero-order valence-electron chi connectivity index (χ0n) is 7.16. The van der Waals surface area contributed by atoms with Gasteiger partial charge in [0, 0.05) is 12.1 Å². The van der Waals surface area contributed by atoms with Crippen LogP contribution in [0.5, 0.6) is 0 Å². The number of rotatable bonds is 3. The number of benzene rings is 1. The molecule has 0 aliphatic rings. The lowest BCUT2D eigenvalue weighted by atomic mass is 10.2. The molecule has 1 N–H and O–H groups in total. The van der Waals surface area contributed by atoms with Gasteiger partial charge >= 0.3 is 0 Å². The predicted molar refractivity (Wildman–Crippen MR) is 49.0 cm³/mol. The van der Waals surface area contributed by atoms with Gasteiger partial charge in [0.15, 0.2) is 0 Å². The molecule has 0 bridgehead atoms. The van der Waals surface area contributed by atoms with Gasteiger partial charge in [-0.15, -0.1) is 0 Å². The number of amides is 1. The monoisotopic (exact) mass is 174 g/mol. The van der Waals surface area contributed by atoms with E-state index in [4.69, 9.17) is 5.26 Å². The van der Waals surface area contributed by atoms with Gasteiger partial charge in [0.1, 0.15) is 0 Å². The van der Waals surface area contributed by atoms with E-state index in [-0.39, 0.29) is 5.91 Å². The summed E-state index contributed by atoms with van der Waals surface area (Å²) in [6.45, 7) is 0.407. The third-order valence-corrected chi connectivity index (χ3v) is 1.56. The molecule has 1 rings (SSSR count). The second-order valence-corrected chi connectivity index (χ2v) is 2.53. The molecule has 0 heterocycles. The molecule has 0 saturated carbocycles. The van der Waals surface area contributed by atoms with E-state index < -0.39 is 0 Å². The summed E-state index contributed by atoms with van der Waals surface area (Å²) in [5, 5.41) is 10.9. The first-order chi connectivity index (χ1) is 6.34. The van der Waals surface area contributed by atoms with E-state index in [0.717, 1.165) is 0 Å². The Balaban J connectivity index is 2.46. The van der Waals surface area contributed by atoms with Gasteiger partial charge in [-0.3, -0.25) is 4.79 Å². The highest BCUT2D eigenvalue weighted by Crippen LogP contribution is 1.97. The van der Waals surface area contributed by atoms with Crippen LogP contribution in [0, 0.1) is 11.3 Å². The molecule has 0 aliphatic carbocycles. The lowest BCUT2D eigenvalue weighted by Crippen LogP contribution is -2.23. The topological polar surface area (TPSA) is 52.9 Å². The zero-order valence-corrected chi connectivity index (χ0v) is 7.16. The Bertz CT molecular complexity index is 313. The van der Waals surface area contributed by atoms with Crippen LogP contribution in [0.15, 0.2) is 30.3 Å². The standard InChI is InChI=1S/C10H10N2O/c11-7-4-8-12-10(13)9-5-2-1-3-6-9/h1-3,5-6H,4,8H2,(H,12,13). The third-order valence-electron chi connectivity index (χ3n) is 1.56. The van der Waals surface area contributed by atoms with Crippen molar-refractivity contribution in [2.75, 3.05) is 6.54 Å². The molecule has 3 nitrogen and oxygen atoms in total. The number of hydrogen-bond acceptors (Lipinski definition) is 2. The Labute approximate surface area is 77.0 Å². The van der Waals surface area contributed by atoms with Gasteiger partial charge in [-0.05, 0) is 12.1 Å². The average molecular weight is 174 g/mol. The minimum Gasteiger partial charge on any atom is -0.351 e. The number of nitrogens with zero attached hydrogens (tertiary/aromatic N) is 1. The molecule has 1 aromatic rings. The van der Waals surface area contributed by atoms with E-state index in [1.807, 2.05) is 12.1 Å². The van der Waals surface area contributed by atoms with E-state index in [9.17, 15) is 4.79 Å². The Morgan fingerprint density at radius 1 is 1.38 bits per heavy atom. The molecule has 0 unspecified atom stereocenters. The van der Waals surface area contributed by atoms with Crippen LogP contribution in [0.25, 0.3) is 0 Å². The SMILES string of the molecule is N#CCCNC(=O)c1ccccc1. The van der Waals surface area contributed by atoms with Crippen molar-refractivity contribution < 1.29 is 4.79 Å². The van der Waals surface area contributed by atoms with Crippen molar-refractivity contribution in [1.82, 2.24) is 5.32 Å². The number of nitrogens with one attached hydrogen (secondary N) is 1. The molecule has 0 spiro atoms. The summed E-state index contributed by atoms with van der Waals surface area (Å²) in [7, 11) is 0. The first-order valence-electron chi connectivity index (χ1n) is 4.05. The molecule has 0 aromatic heterocycles. The Hall–Kier alpha value is -1.82. The number of carbonyl (C=O) groups excluding carboxylic acids is 1. The molecule has 66 valence electrons. The number of nitriles is 1. The highest BCUT2D eigenvalue weighted by Gasteiger charge is 2.01. The van der Waals surface area contributed by atoms with E-state index >= 15 is 0 Å². The Morgan fingerprint density at radius 3 is 2.69 bits per heavy atom. The summed E-state index contributed by atoms with van der Waals surface area (Å²) in [4.78, 5) is 11.3. The zero-order chi connectivity index (χ0) is 9.52. The fourth-order valence-corrected chi connectivity index (χ4v) is 0.924. The highest BCUT2D eigenvalue weighted by molar-refractivity contribution is 5.94. The normalized spacial score (nSPS) is 8.85. The molecular weight excluding hydrogens is 164 g/mol. The minimum absolute atomic E-state index is 0.129. The molecule has 1 aromatic carbocycles. The van der Waals surface area contributed by atoms with E-state index in [1.165, 1.54) is 0 Å². The first kappa shape index (κ1) is 9.27. The minimum atomic E-state index is -0.129. The number of hydrogen-bond donors (Lipinski definition) is 1. The molecular formula is C10H10N2O. The fourth-order valence-electron chi connectivity index (χ4n) is 0.924. The second kappa shape index (κ2) is 4.94. The van der Waals surface area contributed by atoms with Gasteiger partial charge < -0.3 is 5.32 Å². The molecule has 13 heavy (non-hydrogen) atoms. The van der Waals surface area contributed by atoms with Crippen LogP contribution in [-0.4, -0.2) is 12.5 Å². The van der Waals surface area contributed by atoms with Crippen molar-refractivity contribution in [1.29, 1.82) is 5.26 Å². The summed E-state index contributed by atoms with van der Waals surface area (Å²) in [5.41, 5.74) is 0.625. The summed E-state index contributed by atoms with van der Waals surface area (Å²) < 4.78 is 0. The van der Waals surface area contributed by atoms with Crippen LogP contribution < -0.4 is 5.32 Å². The molecule has 1 amide bonds. The first-order valence-corrected chi connectivity index (χ1v) is 4.05. The van der Waals surface area contributed by atoms with E-state index in [1.54, 1.807) is 24.3 Å². The van der Waals surface area contributed by atoms with Crippen molar-refractivity contribution in [3.05, 3.63) is 35.9 Å². The molecule has 0 aliphatic heterocycles. The maximum Gasteiger partial charge on any atom is 0.251 e. The van der Waals surface area contributed by atoms with Gasteiger partial charge in [-0.25, -0.2) is 0 Å². The van der Waals surface area contributed by atoms with Gasteiger partial charge in [-0.2, -0.15) is 5.26 Å². The third kappa shape index (κ3) is 2.96. The highest BCUT2D eigenvalue weighted by atomic mass is 16.1. The quantitative estimate of drug-likeness (QED) is 0.703. The molecule has 0 fully saturated rings. The summed E-state index contributed by atoms with van der Waals surface area (Å²) >= 11 is 0. The lowest BCUT2D eigenvalue weighted by Gasteiger charge is -2.01. The molecule has 0 radical (unpaired) electrons. The van der Waals surface area contributed by atoms with Crippen molar-refractivity contribution in [3.8, 4) is 6.07 Å². The van der Waals surface area contributed by atoms with Crippen molar-refractivity contribution in [2.45, 2.75) is 6.42 Å².